The van der Waals surface area contributed by atoms with Gasteiger partial charge in [-0.3, -0.25) is 0 Å². The number of benzene rings is 1. The molecule has 2 nitrogen and oxygen atoms in total. The molecule has 0 aliphatic rings. The Balaban J connectivity index is 2.71. The molecule has 1 aromatic carbocycles. The van der Waals surface area contributed by atoms with Crippen LogP contribution in [0.2, 0.25) is 0 Å². The van der Waals surface area contributed by atoms with Gasteiger partial charge in [-0.1, -0.05) is 6.08 Å². The number of nitrogens with one attached hydrogen (secondary N) is 1. The second-order valence-electron chi connectivity index (χ2n) is 3.30. The SMILES string of the molecule is C=CCC(C)Nc1ccc(F)cc1N. The van der Waals surface area contributed by atoms with Gasteiger partial charge in [0.1, 0.15) is 5.82 Å². The van der Waals surface area contributed by atoms with Gasteiger partial charge in [0.05, 0.1) is 11.4 Å². The van der Waals surface area contributed by atoms with Gasteiger partial charge in [0.15, 0.2) is 0 Å². The summed E-state index contributed by atoms with van der Waals surface area (Å²) in [5, 5.41) is 3.18. The summed E-state index contributed by atoms with van der Waals surface area (Å²) in [4.78, 5) is 0. The van der Waals surface area contributed by atoms with E-state index in [2.05, 4.69) is 11.9 Å². The molecule has 0 saturated carbocycles. The van der Waals surface area contributed by atoms with E-state index in [1.54, 1.807) is 6.07 Å². The molecule has 0 radical (unpaired) electrons. The summed E-state index contributed by atoms with van der Waals surface area (Å²) < 4.78 is 12.7. The zero-order chi connectivity index (χ0) is 10.6. The maximum atomic E-state index is 12.7. The van der Waals surface area contributed by atoms with Gasteiger partial charge >= 0.3 is 0 Å². The van der Waals surface area contributed by atoms with Crippen molar-refractivity contribution in [3.8, 4) is 0 Å². The Kier molecular flexibility index (Phi) is 3.51. The van der Waals surface area contributed by atoms with Crippen molar-refractivity contribution >= 4 is 11.4 Å². The van der Waals surface area contributed by atoms with Crippen molar-refractivity contribution in [2.45, 2.75) is 19.4 Å². The fourth-order valence-electron chi connectivity index (χ4n) is 1.24. The minimum Gasteiger partial charge on any atom is -0.397 e. The molecule has 14 heavy (non-hydrogen) atoms. The van der Waals surface area contributed by atoms with Gasteiger partial charge in [0.2, 0.25) is 0 Å². The first-order valence-corrected chi connectivity index (χ1v) is 4.56. The number of nitrogens with two attached hydrogens (primary N) is 1. The third-order valence-corrected chi connectivity index (χ3v) is 1.94. The highest BCUT2D eigenvalue weighted by Gasteiger charge is 2.03. The van der Waals surface area contributed by atoms with Crippen LogP contribution in [-0.2, 0) is 0 Å². The van der Waals surface area contributed by atoms with Crippen LogP contribution in [0, 0.1) is 5.82 Å². The van der Waals surface area contributed by atoms with Crippen LogP contribution in [0.3, 0.4) is 0 Å². The largest absolute Gasteiger partial charge is 0.397 e. The topological polar surface area (TPSA) is 38.0 Å². The smallest absolute Gasteiger partial charge is 0.125 e. The van der Waals surface area contributed by atoms with Crippen LogP contribution in [0.1, 0.15) is 13.3 Å². The maximum absolute atomic E-state index is 12.7. The van der Waals surface area contributed by atoms with E-state index in [0.29, 0.717) is 5.69 Å². The third-order valence-electron chi connectivity index (χ3n) is 1.94. The van der Waals surface area contributed by atoms with Gasteiger partial charge < -0.3 is 11.1 Å². The number of hydrogen-bond acceptors (Lipinski definition) is 2. The molecular weight excluding hydrogens is 179 g/mol. The van der Waals surface area contributed by atoms with Crippen LogP contribution in [0.25, 0.3) is 0 Å². The van der Waals surface area contributed by atoms with Crippen molar-refractivity contribution in [3.63, 3.8) is 0 Å². The Morgan fingerprint density at radius 1 is 1.64 bits per heavy atom. The summed E-state index contributed by atoms with van der Waals surface area (Å²) >= 11 is 0. The Bertz CT molecular complexity index is 323. The first kappa shape index (κ1) is 10.6. The van der Waals surface area contributed by atoms with E-state index in [1.807, 2.05) is 13.0 Å². The van der Waals surface area contributed by atoms with E-state index < -0.39 is 0 Å². The predicted octanol–water partition coefficient (Wildman–Crippen LogP) is 2.78. The number of rotatable bonds is 4. The zero-order valence-electron chi connectivity index (χ0n) is 8.26. The number of nitrogen functional groups attached to an aromatic ring is 1. The molecule has 0 aromatic heterocycles. The van der Waals surface area contributed by atoms with Crippen molar-refractivity contribution in [3.05, 3.63) is 36.7 Å². The van der Waals surface area contributed by atoms with Gasteiger partial charge in [-0.25, -0.2) is 4.39 Å². The van der Waals surface area contributed by atoms with Gasteiger partial charge in [-0.05, 0) is 31.5 Å². The first-order valence-electron chi connectivity index (χ1n) is 4.56. The first-order chi connectivity index (χ1) is 6.63. The molecule has 3 heteroatoms. The van der Waals surface area contributed by atoms with E-state index in [9.17, 15) is 4.39 Å². The van der Waals surface area contributed by atoms with E-state index in [0.717, 1.165) is 12.1 Å². The van der Waals surface area contributed by atoms with Gasteiger partial charge in [-0.2, -0.15) is 0 Å². The Hall–Kier alpha value is -1.51. The molecule has 0 bridgehead atoms. The average Bonchev–Trinajstić information content (AvgIpc) is 2.10. The summed E-state index contributed by atoms with van der Waals surface area (Å²) in [5.41, 5.74) is 6.83. The standard InChI is InChI=1S/C11H15FN2/c1-3-4-8(2)14-11-6-5-9(12)7-10(11)13/h3,5-8,14H,1,4,13H2,2H3. The van der Waals surface area contributed by atoms with Gasteiger partial charge in [0, 0.05) is 6.04 Å². The van der Waals surface area contributed by atoms with Crippen LogP contribution in [0.15, 0.2) is 30.9 Å². The molecule has 0 fully saturated rings. The monoisotopic (exact) mass is 194 g/mol. The highest BCUT2D eigenvalue weighted by molar-refractivity contribution is 5.66. The Morgan fingerprint density at radius 3 is 2.93 bits per heavy atom. The molecule has 1 aromatic rings. The lowest BCUT2D eigenvalue weighted by atomic mass is 10.2. The Labute approximate surface area is 83.6 Å². The zero-order valence-corrected chi connectivity index (χ0v) is 8.26. The van der Waals surface area contributed by atoms with E-state index in [1.165, 1.54) is 12.1 Å². The second-order valence-corrected chi connectivity index (χ2v) is 3.30. The lowest BCUT2D eigenvalue weighted by Gasteiger charge is -2.14. The highest BCUT2D eigenvalue weighted by Crippen LogP contribution is 2.20. The fourth-order valence-corrected chi connectivity index (χ4v) is 1.24. The average molecular weight is 194 g/mol. The summed E-state index contributed by atoms with van der Waals surface area (Å²) in [5.74, 6) is -0.315. The molecule has 76 valence electrons. The summed E-state index contributed by atoms with van der Waals surface area (Å²) in [6, 6.07) is 4.59. The van der Waals surface area contributed by atoms with E-state index in [-0.39, 0.29) is 11.9 Å². The van der Waals surface area contributed by atoms with Crippen LogP contribution in [0.5, 0.6) is 0 Å². The lowest BCUT2D eigenvalue weighted by molar-refractivity contribution is 0.628. The quantitative estimate of drug-likeness (QED) is 0.571. The minimum absolute atomic E-state index is 0.250. The minimum atomic E-state index is -0.315. The van der Waals surface area contributed by atoms with Crippen LogP contribution < -0.4 is 11.1 Å². The lowest BCUT2D eigenvalue weighted by Crippen LogP contribution is -2.14. The normalized spacial score (nSPS) is 12.1. The highest BCUT2D eigenvalue weighted by atomic mass is 19.1. The van der Waals surface area contributed by atoms with Gasteiger partial charge in [0.25, 0.3) is 0 Å². The Morgan fingerprint density at radius 2 is 2.36 bits per heavy atom. The predicted molar refractivity (Wildman–Crippen MR) is 58.7 cm³/mol. The second kappa shape index (κ2) is 4.65. The van der Waals surface area contributed by atoms with Crippen molar-refractivity contribution in [2.75, 3.05) is 11.1 Å². The van der Waals surface area contributed by atoms with E-state index in [4.69, 9.17) is 5.73 Å². The van der Waals surface area contributed by atoms with Crippen LogP contribution >= 0.6 is 0 Å². The molecule has 1 atom stereocenters. The van der Waals surface area contributed by atoms with Gasteiger partial charge in [-0.15, -0.1) is 6.58 Å². The molecule has 0 heterocycles. The molecule has 0 aliphatic carbocycles. The van der Waals surface area contributed by atoms with Crippen molar-refractivity contribution in [1.29, 1.82) is 0 Å². The molecule has 0 spiro atoms. The molecule has 1 unspecified atom stereocenters. The summed E-state index contributed by atoms with van der Waals surface area (Å²) in [6.07, 6.45) is 2.67. The van der Waals surface area contributed by atoms with Crippen molar-refractivity contribution in [1.82, 2.24) is 0 Å². The number of hydrogen-bond donors (Lipinski definition) is 2. The number of anilines is 2. The van der Waals surface area contributed by atoms with Crippen LogP contribution in [-0.4, -0.2) is 6.04 Å². The molecule has 0 amide bonds. The van der Waals surface area contributed by atoms with E-state index >= 15 is 0 Å². The summed E-state index contributed by atoms with van der Waals surface area (Å²) in [7, 11) is 0. The molecule has 3 N–H and O–H groups in total. The third kappa shape index (κ3) is 2.76. The summed E-state index contributed by atoms with van der Waals surface area (Å²) in [6.45, 7) is 5.67. The molecule has 0 saturated heterocycles. The fraction of sp³-hybridized carbons (Fsp3) is 0.273. The molecule has 1 rings (SSSR count). The molecule has 0 aliphatic heterocycles. The molecular formula is C11H15FN2. The van der Waals surface area contributed by atoms with Crippen molar-refractivity contribution in [2.24, 2.45) is 0 Å². The van der Waals surface area contributed by atoms with Crippen molar-refractivity contribution < 1.29 is 4.39 Å². The maximum Gasteiger partial charge on any atom is 0.125 e. The van der Waals surface area contributed by atoms with Crippen LogP contribution in [0.4, 0.5) is 15.8 Å². The number of halogens is 1.